The lowest BCUT2D eigenvalue weighted by atomic mass is 10.1. The SMILES string of the molecule is O=S(=O)(Cl)c1ccccc1C(F)(F)C(F)(F)F. The summed E-state index contributed by atoms with van der Waals surface area (Å²) in [6.45, 7) is 0. The number of hydrogen-bond donors (Lipinski definition) is 0. The van der Waals surface area contributed by atoms with Crippen molar-refractivity contribution >= 4 is 19.7 Å². The molecule has 9 heteroatoms. The van der Waals surface area contributed by atoms with Gasteiger partial charge >= 0.3 is 12.1 Å². The van der Waals surface area contributed by atoms with E-state index < -0.39 is 31.6 Å². The highest BCUT2D eigenvalue weighted by molar-refractivity contribution is 8.13. The van der Waals surface area contributed by atoms with Crippen LogP contribution in [0.15, 0.2) is 29.2 Å². The zero-order valence-electron chi connectivity index (χ0n) is 7.80. The van der Waals surface area contributed by atoms with E-state index in [0.717, 1.165) is 12.1 Å². The van der Waals surface area contributed by atoms with Crippen molar-refractivity contribution in [1.29, 1.82) is 0 Å². The van der Waals surface area contributed by atoms with E-state index in [4.69, 9.17) is 10.7 Å². The minimum Gasteiger partial charge on any atom is -0.207 e. The summed E-state index contributed by atoms with van der Waals surface area (Å²) in [5.74, 6) is -5.29. The molecule has 0 radical (unpaired) electrons. The largest absolute Gasteiger partial charge is 0.458 e. The molecule has 0 amide bonds. The van der Waals surface area contributed by atoms with Gasteiger partial charge in [-0.2, -0.15) is 22.0 Å². The Labute approximate surface area is 97.4 Å². The fourth-order valence-electron chi connectivity index (χ4n) is 1.09. The molecule has 0 N–H and O–H groups in total. The predicted octanol–water partition coefficient (Wildman–Crippen LogP) is 3.27. The van der Waals surface area contributed by atoms with Crippen molar-refractivity contribution in [2.45, 2.75) is 17.0 Å². The third kappa shape index (κ3) is 2.68. The van der Waals surface area contributed by atoms with E-state index in [2.05, 4.69) is 0 Å². The number of hydrogen-bond acceptors (Lipinski definition) is 2. The van der Waals surface area contributed by atoms with Crippen molar-refractivity contribution in [3.8, 4) is 0 Å². The van der Waals surface area contributed by atoms with E-state index in [-0.39, 0.29) is 0 Å². The zero-order chi connectivity index (χ0) is 13.5. The highest BCUT2D eigenvalue weighted by Gasteiger charge is 2.60. The molecular weight excluding hydrogens is 291 g/mol. The average Bonchev–Trinajstić information content (AvgIpc) is 2.14. The van der Waals surface area contributed by atoms with E-state index in [1.807, 2.05) is 0 Å². The van der Waals surface area contributed by atoms with Crippen LogP contribution in [0.2, 0.25) is 0 Å². The van der Waals surface area contributed by atoms with Crippen molar-refractivity contribution in [3.63, 3.8) is 0 Å². The van der Waals surface area contributed by atoms with E-state index in [1.165, 1.54) is 0 Å². The van der Waals surface area contributed by atoms with Crippen LogP contribution >= 0.6 is 10.7 Å². The molecule has 0 aliphatic heterocycles. The Kier molecular flexibility index (Phi) is 3.41. The van der Waals surface area contributed by atoms with Gasteiger partial charge in [0.05, 0.1) is 10.5 Å². The first-order valence-corrected chi connectivity index (χ1v) is 6.27. The van der Waals surface area contributed by atoms with Gasteiger partial charge in [-0.3, -0.25) is 0 Å². The van der Waals surface area contributed by atoms with E-state index in [1.54, 1.807) is 0 Å². The summed E-state index contributed by atoms with van der Waals surface area (Å²) in [5, 5.41) is 0. The monoisotopic (exact) mass is 294 g/mol. The summed E-state index contributed by atoms with van der Waals surface area (Å²) in [5.41, 5.74) is -1.69. The third-order valence-electron chi connectivity index (χ3n) is 1.84. The maximum Gasteiger partial charge on any atom is 0.458 e. The minimum absolute atomic E-state index is 0.364. The van der Waals surface area contributed by atoms with Gasteiger partial charge in [-0.15, -0.1) is 0 Å². The topological polar surface area (TPSA) is 34.1 Å². The molecule has 1 aromatic carbocycles. The molecule has 0 atom stereocenters. The van der Waals surface area contributed by atoms with Gasteiger partial charge in [-0.05, 0) is 6.07 Å². The second-order valence-corrected chi connectivity index (χ2v) is 5.54. The molecule has 0 unspecified atom stereocenters. The van der Waals surface area contributed by atoms with Crippen molar-refractivity contribution in [3.05, 3.63) is 29.8 Å². The quantitative estimate of drug-likeness (QED) is 0.620. The normalized spacial score (nSPS) is 13.8. The van der Waals surface area contributed by atoms with Crippen LogP contribution in [0.3, 0.4) is 0 Å². The van der Waals surface area contributed by atoms with Crippen LogP contribution in [0.4, 0.5) is 22.0 Å². The van der Waals surface area contributed by atoms with E-state index in [9.17, 15) is 30.4 Å². The summed E-state index contributed by atoms with van der Waals surface area (Å²) in [4.78, 5) is -1.26. The van der Waals surface area contributed by atoms with Gasteiger partial charge in [-0.1, -0.05) is 18.2 Å². The minimum atomic E-state index is -5.90. The lowest BCUT2D eigenvalue weighted by Crippen LogP contribution is -2.34. The molecule has 2 nitrogen and oxygen atoms in total. The van der Waals surface area contributed by atoms with Gasteiger partial charge in [0, 0.05) is 10.7 Å². The summed E-state index contributed by atoms with van der Waals surface area (Å²) >= 11 is 0. The Hall–Kier alpha value is -0.890. The first-order chi connectivity index (χ1) is 7.48. The molecule has 0 aromatic heterocycles. The number of rotatable bonds is 2. The van der Waals surface area contributed by atoms with Crippen LogP contribution in [0.5, 0.6) is 0 Å². The molecule has 0 saturated heterocycles. The van der Waals surface area contributed by atoms with Crippen molar-refractivity contribution in [2.75, 3.05) is 0 Å². The fraction of sp³-hybridized carbons (Fsp3) is 0.250. The molecule has 0 saturated carbocycles. The van der Waals surface area contributed by atoms with Crippen LogP contribution in [0.1, 0.15) is 5.56 Å². The molecule has 96 valence electrons. The molecule has 1 rings (SSSR count). The molecule has 0 fully saturated rings. The Morgan fingerprint density at radius 1 is 1.00 bits per heavy atom. The molecule has 0 aliphatic carbocycles. The van der Waals surface area contributed by atoms with Gasteiger partial charge in [0.15, 0.2) is 0 Å². The van der Waals surface area contributed by atoms with Crippen LogP contribution in [0.25, 0.3) is 0 Å². The number of halogens is 6. The first-order valence-electron chi connectivity index (χ1n) is 3.96. The number of benzene rings is 1. The van der Waals surface area contributed by atoms with Gasteiger partial charge in [0.1, 0.15) is 0 Å². The van der Waals surface area contributed by atoms with Gasteiger partial charge in [-0.25, -0.2) is 8.42 Å². The van der Waals surface area contributed by atoms with E-state index >= 15 is 0 Å². The molecule has 17 heavy (non-hydrogen) atoms. The van der Waals surface area contributed by atoms with Crippen molar-refractivity contribution < 1.29 is 30.4 Å². The summed E-state index contributed by atoms with van der Waals surface area (Å²) in [6, 6.07) is 2.80. The fourth-order valence-corrected chi connectivity index (χ4v) is 2.20. The highest BCUT2D eigenvalue weighted by Crippen LogP contribution is 2.46. The van der Waals surface area contributed by atoms with Crippen molar-refractivity contribution in [2.24, 2.45) is 0 Å². The lowest BCUT2D eigenvalue weighted by Gasteiger charge is -2.21. The maximum absolute atomic E-state index is 13.0. The van der Waals surface area contributed by atoms with Crippen molar-refractivity contribution in [1.82, 2.24) is 0 Å². The molecule has 1 aromatic rings. The Balaban J connectivity index is 3.54. The van der Waals surface area contributed by atoms with Crippen LogP contribution < -0.4 is 0 Å². The molecular formula is C8H4ClF5O2S. The summed E-state index contributed by atoms with van der Waals surface area (Å²) in [6.07, 6.45) is -5.90. The standard InChI is InChI=1S/C8H4ClF5O2S/c9-17(15,16)6-4-2-1-3-5(6)7(10,11)8(12,13)14/h1-4H. The average molecular weight is 295 g/mol. The Morgan fingerprint density at radius 3 is 1.88 bits per heavy atom. The van der Waals surface area contributed by atoms with Gasteiger partial charge < -0.3 is 0 Å². The lowest BCUT2D eigenvalue weighted by molar-refractivity contribution is -0.290. The van der Waals surface area contributed by atoms with Gasteiger partial charge in [0.25, 0.3) is 9.05 Å². The summed E-state index contributed by atoms with van der Waals surface area (Å²) < 4.78 is 84.1. The molecule has 0 bridgehead atoms. The Morgan fingerprint density at radius 2 is 1.47 bits per heavy atom. The van der Waals surface area contributed by atoms with E-state index in [0.29, 0.717) is 12.1 Å². The second kappa shape index (κ2) is 4.09. The maximum atomic E-state index is 13.0. The first kappa shape index (κ1) is 14.2. The Bertz CT molecular complexity index is 523. The van der Waals surface area contributed by atoms with Gasteiger partial charge in [0.2, 0.25) is 0 Å². The third-order valence-corrected chi connectivity index (χ3v) is 3.22. The summed E-state index contributed by atoms with van der Waals surface area (Å²) in [7, 11) is 0.107. The second-order valence-electron chi connectivity index (χ2n) is 3.01. The molecule has 0 aliphatic rings. The molecule has 0 spiro atoms. The van der Waals surface area contributed by atoms with Crippen LogP contribution in [-0.4, -0.2) is 14.6 Å². The smallest absolute Gasteiger partial charge is 0.207 e. The van der Waals surface area contributed by atoms with Crippen LogP contribution in [-0.2, 0) is 15.0 Å². The predicted molar refractivity (Wildman–Crippen MR) is 49.4 cm³/mol. The highest BCUT2D eigenvalue weighted by atomic mass is 35.7. The number of alkyl halides is 5. The zero-order valence-corrected chi connectivity index (χ0v) is 9.37. The van der Waals surface area contributed by atoms with Crippen LogP contribution in [0, 0.1) is 0 Å². The molecule has 0 heterocycles.